The van der Waals surface area contributed by atoms with E-state index in [9.17, 15) is 19.5 Å². The Bertz CT molecular complexity index is 657. The lowest BCUT2D eigenvalue weighted by Crippen LogP contribution is -2.55. The molecular weight excluding hydrogens is 486 g/mol. The van der Waals surface area contributed by atoms with Crippen LogP contribution in [0.25, 0.3) is 0 Å². The number of unbranched alkanes of at least 4 members (excludes halogenated alkanes) is 9. The molecule has 0 rings (SSSR count). The number of carbonyl (C=O) groups excluding carboxylic acids is 3. The number of carbonyl (C=O) groups is 3. The highest BCUT2D eigenvalue weighted by atomic mass is 16.6. The van der Waals surface area contributed by atoms with Crippen molar-refractivity contribution in [3.05, 3.63) is 12.2 Å². The highest BCUT2D eigenvalue weighted by molar-refractivity contribution is 5.70. The average Bonchev–Trinajstić information content (AvgIpc) is 2.84. The van der Waals surface area contributed by atoms with Gasteiger partial charge < -0.3 is 28.6 Å². The fourth-order valence-electron chi connectivity index (χ4n) is 4.03. The van der Waals surface area contributed by atoms with Crippen molar-refractivity contribution in [2.75, 3.05) is 41.0 Å². The maximum absolute atomic E-state index is 12.4. The minimum absolute atomic E-state index is 0.0280. The molecule has 8 nitrogen and oxygen atoms in total. The molecule has 0 radical (unpaired) electrons. The Labute approximate surface area is 231 Å². The highest BCUT2D eigenvalue weighted by Crippen LogP contribution is 2.11. The fraction of sp³-hybridized carbons (Fsp3) is 0.833. The Hall–Kier alpha value is -1.93. The monoisotopic (exact) mass is 541 g/mol. The molecule has 0 saturated carbocycles. The first-order valence-corrected chi connectivity index (χ1v) is 14.7. The van der Waals surface area contributed by atoms with Crippen LogP contribution in [0.4, 0.5) is 0 Å². The Morgan fingerprint density at radius 1 is 0.763 bits per heavy atom. The normalized spacial score (nSPS) is 13.4. The first kappa shape index (κ1) is 36.1. The summed E-state index contributed by atoms with van der Waals surface area (Å²) in [5, 5.41) is 11.5. The van der Waals surface area contributed by atoms with Crippen LogP contribution in [0.1, 0.15) is 110 Å². The number of hydrogen-bond acceptors (Lipinski definition) is 7. The van der Waals surface area contributed by atoms with E-state index in [1.54, 1.807) is 21.1 Å². The Balaban J connectivity index is 4.60. The van der Waals surface area contributed by atoms with Gasteiger partial charge in [0.25, 0.3) is 0 Å². The number of quaternary nitrogens is 1. The van der Waals surface area contributed by atoms with Crippen molar-refractivity contribution in [2.45, 2.75) is 122 Å². The summed E-state index contributed by atoms with van der Waals surface area (Å²) in [7, 11) is 5.36. The molecule has 0 aromatic heterocycles. The molecular formula is C30H55NO7. The molecule has 38 heavy (non-hydrogen) atoms. The Kier molecular flexibility index (Phi) is 21.8. The molecule has 0 amide bonds. The van der Waals surface area contributed by atoms with Crippen molar-refractivity contribution in [2.24, 2.45) is 0 Å². The van der Waals surface area contributed by atoms with Crippen molar-refractivity contribution < 1.29 is 38.2 Å². The van der Waals surface area contributed by atoms with E-state index >= 15 is 0 Å². The van der Waals surface area contributed by atoms with Crippen LogP contribution in [0.15, 0.2) is 12.2 Å². The lowest BCUT2D eigenvalue weighted by Gasteiger charge is -2.34. The highest BCUT2D eigenvalue weighted by Gasteiger charge is 2.25. The number of carboxylic acid groups (broad SMARTS) is 1. The number of nitrogens with zero attached hydrogens (tertiary/aromatic N) is 1. The molecule has 2 unspecified atom stereocenters. The van der Waals surface area contributed by atoms with Gasteiger partial charge in [0, 0.05) is 19.3 Å². The zero-order valence-corrected chi connectivity index (χ0v) is 24.8. The molecule has 0 aliphatic heterocycles. The minimum atomic E-state index is -1.13. The van der Waals surface area contributed by atoms with Gasteiger partial charge >= 0.3 is 11.9 Å². The predicted octanol–water partition coefficient (Wildman–Crippen LogP) is 4.73. The number of rotatable bonds is 25. The summed E-state index contributed by atoms with van der Waals surface area (Å²) in [4.78, 5) is 36.0. The van der Waals surface area contributed by atoms with E-state index in [0.29, 0.717) is 12.8 Å². The van der Waals surface area contributed by atoms with Crippen molar-refractivity contribution in [1.29, 1.82) is 0 Å². The molecule has 0 aliphatic rings. The molecule has 222 valence electrons. The minimum Gasteiger partial charge on any atom is -0.544 e. The zero-order chi connectivity index (χ0) is 28.7. The van der Waals surface area contributed by atoms with E-state index in [0.717, 1.165) is 32.1 Å². The van der Waals surface area contributed by atoms with Crippen LogP contribution in [0.3, 0.4) is 0 Å². The topological polar surface area (TPSA) is 102 Å². The van der Waals surface area contributed by atoms with Crippen LogP contribution in [-0.2, 0) is 28.6 Å². The Morgan fingerprint density at radius 2 is 1.37 bits per heavy atom. The maximum atomic E-state index is 12.4. The number of likely N-dealkylation sites (N-methyl/N-ethyl adjacent to an activating group) is 1. The van der Waals surface area contributed by atoms with Crippen LogP contribution < -0.4 is 5.11 Å². The summed E-state index contributed by atoms with van der Waals surface area (Å²) in [6.07, 6.45) is 17.1. The molecule has 0 aromatic rings. The zero-order valence-electron chi connectivity index (χ0n) is 24.8. The summed E-state index contributed by atoms with van der Waals surface area (Å²) in [5.41, 5.74) is 0. The maximum Gasteiger partial charge on any atom is 0.306 e. The van der Waals surface area contributed by atoms with Gasteiger partial charge in [-0.1, -0.05) is 77.4 Å². The van der Waals surface area contributed by atoms with Crippen LogP contribution in [0.5, 0.6) is 0 Å². The molecule has 0 spiro atoms. The first-order valence-electron chi connectivity index (χ1n) is 14.7. The standard InChI is InChI=1S/C30H55NO7/c1-6-8-10-12-14-16-18-20-28(32)37-25-26(24-36-23-22-27(30(34)35)31(3,4)5)38-29(33)21-19-17-15-13-11-9-7-2/h15,17,26-27H,6-14,16,18-25H2,1-5H3/b17-15+. The third-order valence-electron chi connectivity index (χ3n) is 6.42. The van der Waals surface area contributed by atoms with Gasteiger partial charge in [0.1, 0.15) is 12.6 Å². The largest absolute Gasteiger partial charge is 0.544 e. The van der Waals surface area contributed by atoms with Crippen molar-refractivity contribution in [1.82, 2.24) is 0 Å². The van der Waals surface area contributed by atoms with Gasteiger partial charge in [-0.25, -0.2) is 0 Å². The number of ether oxygens (including phenoxy) is 3. The molecule has 0 fully saturated rings. The van der Waals surface area contributed by atoms with Crippen LogP contribution in [0, 0.1) is 0 Å². The van der Waals surface area contributed by atoms with E-state index in [1.165, 1.54) is 38.5 Å². The molecule has 0 saturated heterocycles. The second kappa shape index (κ2) is 23.0. The molecule has 0 aromatic carbocycles. The third kappa shape index (κ3) is 21.1. The second-order valence-electron chi connectivity index (χ2n) is 11.0. The van der Waals surface area contributed by atoms with Crippen LogP contribution >= 0.6 is 0 Å². The SMILES string of the molecule is CCCCC/C=C/CCC(=O)OC(COCCC(C(=O)[O-])[N+](C)(C)C)COC(=O)CCCCCCCCC. The van der Waals surface area contributed by atoms with Gasteiger partial charge in [0.05, 0.1) is 40.3 Å². The van der Waals surface area contributed by atoms with Gasteiger partial charge in [-0.05, 0) is 25.7 Å². The molecule has 0 bridgehead atoms. The summed E-state index contributed by atoms with van der Waals surface area (Å²) >= 11 is 0. The molecule has 0 aliphatic carbocycles. The van der Waals surface area contributed by atoms with E-state index in [1.807, 2.05) is 6.08 Å². The number of carboxylic acids is 1. The fourth-order valence-corrected chi connectivity index (χ4v) is 4.03. The smallest absolute Gasteiger partial charge is 0.306 e. The predicted molar refractivity (Wildman–Crippen MR) is 148 cm³/mol. The number of allylic oxidation sites excluding steroid dienone is 2. The van der Waals surface area contributed by atoms with Crippen molar-refractivity contribution >= 4 is 17.9 Å². The summed E-state index contributed by atoms with van der Waals surface area (Å²) in [6, 6.07) is -0.722. The van der Waals surface area contributed by atoms with Gasteiger partial charge in [0.2, 0.25) is 0 Å². The number of hydrogen-bond donors (Lipinski definition) is 0. The van der Waals surface area contributed by atoms with E-state index in [2.05, 4.69) is 19.9 Å². The van der Waals surface area contributed by atoms with Crippen molar-refractivity contribution in [3.63, 3.8) is 0 Å². The molecule has 0 N–H and O–H groups in total. The lowest BCUT2D eigenvalue weighted by molar-refractivity contribution is -0.889. The Morgan fingerprint density at radius 3 is 2.00 bits per heavy atom. The molecule has 8 heteroatoms. The van der Waals surface area contributed by atoms with E-state index in [-0.39, 0.29) is 49.1 Å². The van der Waals surface area contributed by atoms with E-state index < -0.39 is 18.1 Å². The average molecular weight is 542 g/mol. The third-order valence-corrected chi connectivity index (χ3v) is 6.42. The first-order chi connectivity index (χ1) is 18.1. The second-order valence-corrected chi connectivity index (χ2v) is 11.0. The summed E-state index contributed by atoms with van der Waals surface area (Å²) < 4.78 is 16.8. The van der Waals surface area contributed by atoms with Gasteiger partial charge in [-0.15, -0.1) is 0 Å². The van der Waals surface area contributed by atoms with Gasteiger partial charge in [-0.2, -0.15) is 0 Å². The summed E-state index contributed by atoms with van der Waals surface area (Å²) in [6.45, 7) is 4.47. The molecule has 0 heterocycles. The van der Waals surface area contributed by atoms with E-state index in [4.69, 9.17) is 14.2 Å². The van der Waals surface area contributed by atoms with Crippen molar-refractivity contribution in [3.8, 4) is 0 Å². The quantitative estimate of drug-likeness (QED) is 0.0712. The number of aliphatic carboxylic acids is 1. The van der Waals surface area contributed by atoms with Gasteiger partial charge in [0.15, 0.2) is 6.10 Å². The lowest BCUT2D eigenvalue weighted by atomic mass is 10.1. The molecule has 2 atom stereocenters. The summed E-state index contributed by atoms with van der Waals surface area (Å²) in [5.74, 6) is -1.82. The number of esters is 2. The van der Waals surface area contributed by atoms with Gasteiger partial charge in [-0.3, -0.25) is 9.59 Å². The van der Waals surface area contributed by atoms with Crippen LogP contribution in [-0.4, -0.2) is 75.5 Å². The van der Waals surface area contributed by atoms with Crippen LogP contribution in [0.2, 0.25) is 0 Å².